The largest absolute Gasteiger partial charge is 0.444 e. The Morgan fingerprint density at radius 3 is 2.24 bits per heavy atom. The fraction of sp³-hybridized carbons (Fsp3) is 0.958. The molecule has 0 aromatic heterocycles. The molecule has 198 valence electrons. The molecule has 0 aromatic carbocycles. The van der Waals surface area contributed by atoms with Crippen molar-refractivity contribution in [3.8, 4) is 0 Å². The van der Waals surface area contributed by atoms with Gasteiger partial charge in [0, 0.05) is 50.1 Å². The lowest BCUT2D eigenvalue weighted by atomic mass is 9.93. The summed E-state index contributed by atoms with van der Waals surface area (Å²) in [5.41, 5.74) is -0.754. The van der Waals surface area contributed by atoms with E-state index >= 15 is 0 Å². The molecule has 10 nitrogen and oxygen atoms in total. The lowest BCUT2D eigenvalue weighted by Gasteiger charge is -2.35. The average Bonchev–Trinajstić information content (AvgIpc) is 3.16. The lowest BCUT2D eigenvalue weighted by Crippen LogP contribution is -2.50. The Morgan fingerprint density at radius 2 is 1.62 bits per heavy atom. The van der Waals surface area contributed by atoms with Crippen LogP contribution >= 0.6 is 0 Å². The van der Waals surface area contributed by atoms with Crippen molar-refractivity contribution in [3.63, 3.8) is 0 Å². The number of carbonyl (C=O) groups is 1. The first-order valence-corrected chi connectivity index (χ1v) is 12.4. The molecule has 1 saturated heterocycles. The van der Waals surface area contributed by atoms with E-state index in [2.05, 4.69) is 29.1 Å². The van der Waals surface area contributed by atoms with Crippen molar-refractivity contribution in [3.05, 3.63) is 0 Å². The van der Waals surface area contributed by atoms with Gasteiger partial charge in [0.2, 0.25) is 0 Å². The van der Waals surface area contributed by atoms with Gasteiger partial charge in [-0.15, -0.1) is 0 Å². The summed E-state index contributed by atoms with van der Waals surface area (Å²) in [4.78, 5) is 16.2. The van der Waals surface area contributed by atoms with Crippen LogP contribution in [0.1, 0.15) is 48.5 Å². The predicted molar refractivity (Wildman–Crippen MR) is 131 cm³/mol. The zero-order chi connectivity index (χ0) is 25.4. The van der Waals surface area contributed by atoms with E-state index in [4.69, 9.17) is 14.2 Å². The maximum Gasteiger partial charge on any atom is 0.410 e. The summed E-state index contributed by atoms with van der Waals surface area (Å²) in [6.45, 7) is 21.7. The quantitative estimate of drug-likeness (QED) is 0.424. The second-order valence-corrected chi connectivity index (χ2v) is 12.1. The molecule has 2 rings (SSSR count). The minimum atomic E-state index is -0.462. The Bertz CT molecular complexity index is 657. The molecule has 0 radical (unpaired) electrons. The maximum atomic E-state index is 12.2. The molecule has 0 spiro atoms. The Kier molecular flexibility index (Phi) is 10.5. The number of carbonyl (C=O) groups excluding carboxylic acids is 1. The molecule has 1 N–H and O–H groups in total. The van der Waals surface area contributed by atoms with Crippen LogP contribution in [-0.2, 0) is 14.2 Å². The molecule has 1 atom stereocenters. The van der Waals surface area contributed by atoms with Crippen molar-refractivity contribution >= 4 is 6.09 Å². The van der Waals surface area contributed by atoms with Crippen LogP contribution in [0.2, 0.25) is 0 Å². The van der Waals surface area contributed by atoms with Crippen molar-refractivity contribution in [1.82, 2.24) is 14.8 Å². The van der Waals surface area contributed by atoms with Crippen LogP contribution in [0.4, 0.5) is 4.79 Å². The van der Waals surface area contributed by atoms with Crippen molar-refractivity contribution in [2.24, 2.45) is 21.2 Å². The Labute approximate surface area is 205 Å². The van der Waals surface area contributed by atoms with E-state index < -0.39 is 5.60 Å². The number of amides is 1. The molecule has 0 saturated carbocycles. The van der Waals surface area contributed by atoms with Gasteiger partial charge in [0.1, 0.15) is 11.6 Å². The Hall–Kier alpha value is -1.49. The van der Waals surface area contributed by atoms with E-state index in [0.29, 0.717) is 39.5 Å². The standard InChI is InChI=1S/C24H47N5O5/c1-22(2,3)34-21(31)28-10-8-27(9-11-28)12-13-32-15-20-14-29(26-25-20)16-23(4,5)18-33-19-24(6,7)17-30/h20,30H,8-19H2,1-7H3. The van der Waals surface area contributed by atoms with Gasteiger partial charge in [0.25, 0.3) is 0 Å². The topological polar surface area (TPSA) is 99.4 Å². The van der Waals surface area contributed by atoms with Crippen LogP contribution < -0.4 is 0 Å². The monoisotopic (exact) mass is 485 g/mol. The number of hydrogen-bond acceptors (Lipinski definition) is 9. The van der Waals surface area contributed by atoms with Gasteiger partial charge in [-0.25, -0.2) is 4.79 Å². The van der Waals surface area contributed by atoms with Crippen molar-refractivity contribution in [1.29, 1.82) is 0 Å². The summed E-state index contributed by atoms with van der Waals surface area (Å²) in [6, 6.07) is 0.0501. The van der Waals surface area contributed by atoms with E-state index in [0.717, 1.165) is 32.7 Å². The van der Waals surface area contributed by atoms with Gasteiger partial charge in [0.15, 0.2) is 0 Å². The third kappa shape index (κ3) is 10.8. The van der Waals surface area contributed by atoms with Crippen LogP contribution in [0.5, 0.6) is 0 Å². The molecule has 0 aliphatic carbocycles. The predicted octanol–water partition coefficient (Wildman–Crippen LogP) is 2.67. The molecule has 1 unspecified atom stereocenters. The zero-order valence-electron chi connectivity index (χ0n) is 22.4. The molecule has 1 fully saturated rings. The summed E-state index contributed by atoms with van der Waals surface area (Å²) < 4.78 is 17.2. The van der Waals surface area contributed by atoms with Crippen molar-refractivity contribution in [2.75, 3.05) is 78.8 Å². The molecule has 34 heavy (non-hydrogen) atoms. The molecule has 0 aromatic rings. The van der Waals surface area contributed by atoms with Gasteiger partial charge in [-0.1, -0.05) is 32.9 Å². The van der Waals surface area contributed by atoms with Crippen LogP contribution in [0.25, 0.3) is 0 Å². The van der Waals surface area contributed by atoms with Crippen LogP contribution in [0.3, 0.4) is 0 Å². The maximum absolute atomic E-state index is 12.2. The van der Waals surface area contributed by atoms with Gasteiger partial charge in [-0.3, -0.25) is 9.91 Å². The highest BCUT2D eigenvalue weighted by Crippen LogP contribution is 2.23. The number of ether oxygens (including phenoxy) is 3. The summed E-state index contributed by atoms with van der Waals surface area (Å²) in [6.07, 6.45) is -0.233. The SMILES string of the molecule is CC(C)(CO)COCC(C)(C)CN1CC(COCCN2CCN(C(=O)OC(C)(C)C)CC2)N=N1. The highest BCUT2D eigenvalue weighted by atomic mass is 16.6. The highest BCUT2D eigenvalue weighted by molar-refractivity contribution is 5.68. The minimum Gasteiger partial charge on any atom is -0.444 e. The number of hydrogen-bond donors (Lipinski definition) is 1. The van der Waals surface area contributed by atoms with E-state index in [-0.39, 0.29) is 29.6 Å². The normalized spacial score (nSPS) is 20.3. The second-order valence-electron chi connectivity index (χ2n) is 12.1. The van der Waals surface area contributed by atoms with Gasteiger partial charge >= 0.3 is 6.09 Å². The number of aliphatic hydroxyl groups is 1. The molecule has 2 heterocycles. The van der Waals surface area contributed by atoms with Gasteiger partial charge in [-0.05, 0) is 20.8 Å². The molecular weight excluding hydrogens is 438 g/mol. The van der Waals surface area contributed by atoms with Crippen LogP contribution in [0.15, 0.2) is 10.3 Å². The molecule has 0 bridgehead atoms. The van der Waals surface area contributed by atoms with Gasteiger partial charge < -0.3 is 24.2 Å². The number of rotatable bonds is 12. The van der Waals surface area contributed by atoms with Gasteiger partial charge in [-0.2, -0.15) is 5.11 Å². The van der Waals surface area contributed by atoms with Crippen molar-refractivity contribution in [2.45, 2.75) is 60.1 Å². The van der Waals surface area contributed by atoms with Crippen molar-refractivity contribution < 1.29 is 24.1 Å². The van der Waals surface area contributed by atoms with Gasteiger partial charge in [0.05, 0.1) is 39.6 Å². The number of piperazine rings is 1. The summed E-state index contributed by atoms with van der Waals surface area (Å²) in [7, 11) is 0. The number of aliphatic hydroxyl groups excluding tert-OH is 1. The van der Waals surface area contributed by atoms with E-state index in [1.54, 1.807) is 4.90 Å². The third-order valence-electron chi connectivity index (χ3n) is 5.67. The fourth-order valence-electron chi connectivity index (χ4n) is 3.73. The summed E-state index contributed by atoms with van der Waals surface area (Å²) in [5.74, 6) is 0. The molecule has 10 heteroatoms. The molecule has 2 aliphatic rings. The Morgan fingerprint density at radius 1 is 0.971 bits per heavy atom. The first kappa shape index (κ1) is 28.7. The minimum absolute atomic E-state index is 0.0501. The highest BCUT2D eigenvalue weighted by Gasteiger charge is 2.29. The second kappa shape index (κ2) is 12.5. The summed E-state index contributed by atoms with van der Waals surface area (Å²) >= 11 is 0. The smallest absolute Gasteiger partial charge is 0.410 e. The summed E-state index contributed by atoms with van der Waals surface area (Å²) in [5, 5.41) is 20.0. The van der Waals surface area contributed by atoms with Crippen LogP contribution in [0, 0.1) is 10.8 Å². The first-order chi connectivity index (χ1) is 15.8. The lowest BCUT2D eigenvalue weighted by molar-refractivity contribution is -0.0143. The average molecular weight is 486 g/mol. The zero-order valence-corrected chi connectivity index (χ0v) is 22.4. The molecular formula is C24H47N5O5. The molecule has 2 aliphatic heterocycles. The van der Waals surface area contributed by atoms with E-state index in [1.165, 1.54) is 0 Å². The van der Waals surface area contributed by atoms with E-state index in [1.807, 2.05) is 39.6 Å². The Balaban J connectivity index is 1.56. The third-order valence-corrected chi connectivity index (χ3v) is 5.67. The first-order valence-electron chi connectivity index (χ1n) is 12.4. The number of nitrogens with zero attached hydrogens (tertiary/aromatic N) is 5. The fourth-order valence-corrected chi connectivity index (χ4v) is 3.73. The van der Waals surface area contributed by atoms with E-state index in [9.17, 15) is 9.90 Å². The van der Waals surface area contributed by atoms with Crippen LogP contribution in [-0.4, -0.2) is 116 Å². The molecule has 1 amide bonds.